The molecule has 0 aliphatic rings. The normalized spacial score (nSPS) is 11.1. The molecule has 96 valence electrons. The molecule has 2 aromatic rings. The third-order valence-electron chi connectivity index (χ3n) is 3.00. The lowest BCUT2D eigenvalue weighted by Gasteiger charge is -2.10. The summed E-state index contributed by atoms with van der Waals surface area (Å²) in [4.78, 5) is 0. The summed E-state index contributed by atoms with van der Waals surface area (Å²) < 4.78 is 2.82. The number of hydrogen-bond acceptors (Lipinski definition) is 2. The second kappa shape index (κ2) is 5.96. The predicted molar refractivity (Wildman–Crippen MR) is 76.3 cm³/mol. The molecule has 1 aromatic carbocycles. The molecular formula is C14H19N3S. The van der Waals surface area contributed by atoms with Crippen LogP contribution in [-0.2, 0) is 12.8 Å². The zero-order valence-corrected chi connectivity index (χ0v) is 11.7. The Kier molecular flexibility index (Phi) is 4.31. The van der Waals surface area contributed by atoms with Gasteiger partial charge in [0.1, 0.15) is 5.82 Å². The summed E-state index contributed by atoms with van der Waals surface area (Å²) in [6.45, 7) is 4.26. The van der Waals surface area contributed by atoms with E-state index in [4.69, 9.17) is 12.2 Å². The minimum absolute atomic E-state index is 0.364. The molecule has 0 aliphatic heterocycles. The average molecular weight is 261 g/mol. The van der Waals surface area contributed by atoms with Gasteiger partial charge < -0.3 is 4.57 Å². The maximum Gasteiger partial charge on any atom is 0.195 e. The first-order valence-corrected chi connectivity index (χ1v) is 6.79. The van der Waals surface area contributed by atoms with Crippen molar-refractivity contribution in [3.8, 4) is 0 Å². The lowest BCUT2D eigenvalue weighted by Crippen LogP contribution is -2.07. The molecule has 2 rings (SSSR count). The molecule has 18 heavy (non-hydrogen) atoms. The molecular weight excluding hydrogens is 242 g/mol. The lowest BCUT2D eigenvalue weighted by atomic mass is 10.1. The number of rotatable bonds is 5. The van der Waals surface area contributed by atoms with Crippen LogP contribution in [-0.4, -0.2) is 14.8 Å². The molecule has 0 spiro atoms. The van der Waals surface area contributed by atoms with E-state index in [0.29, 0.717) is 6.04 Å². The molecule has 1 aromatic heterocycles. The monoisotopic (exact) mass is 261 g/mol. The van der Waals surface area contributed by atoms with Gasteiger partial charge in [-0.3, -0.25) is 5.10 Å². The zero-order valence-electron chi connectivity index (χ0n) is 10.9. The van der Waals surface area contributed by atoms with Crippen molar-refractivity contribution in [1.82, 2.24) is 14.8 Å². The van der Waals surface area contributed by atoms with E-state index in [2.05, 4.69) is 52.9 Å². The van der Waals surface area contributed by atoms with Crippen molar-refractivity contribution in [3.05, 3.63) is 46.5 Å². The fourth-order valence-electron chi connectivity index (χ4n) is 2.14. The lowest BCUT2D eigenvalue weighted by molar-refractivity contribution is 0.554. The molecule has 4 heteroatoms. The molecule has 1 N–H and O–H groups in total. The molecule has 0 unspecified atom stereocenters. The minimum atomic E-state index is 0.364. The highest BCUT2D eigenvalue weighted by Crippen LogP contribution is 2.12. The number of aryl methyl sites for hydroxylation is 2. The van der Waals surface area contributed by atoms with Gasteiger partial charge in [0.25, 0.3) is 0 Å². The molecule has 1 heterocycles. The summed E-state index contributed by atoms with van der Waals surface area (Å²) in [7, 11) is 0. The SMILES string of the molecule is CC(C)n1c(CCCc2ccccc2)n[nH]c1=S. The van der Waals surface area contributed by atoms with Gasteiger partial charge in [-0.25, -0.2) is 0 Å². The molecule has 0 amide bonds. The van der Waals surface area contributed by atoms with Crippen LogP contribution < -0.4 is 0 Å². The van der Waals surface area contributed by atoms with Crippen LogP contribution in [0.5, 0.6) is 0 Å². The van der Waals surface area contributed by atoms with Crippen molar-refractivity contribution in [3.63, 3.8) is 0 Å². The van der Waals surface area contributed by atoms with Gasteiger partial charge in [-0.1, -0.05) is 30.3 Å². The van der Waals surface area contributed by atoms with Gasteiger partial charge in [-0.15, -0.1) is 0 Å². The van der Waals surface area contributed by atoms with Gasteiger partial charge in [0.05, 0.1) is 0 Å². The van der Waals surface area contributed by atoms with Crippen molar-refractivity contribution in [1.29, 1.82) is 0 Å². The predicted octanol–water partition coefficient (Wildman–Crippen LogP) is 3.70. The number of aromatic amines is 1. The van der Waals surface area contributed by atoms with E-state index in [1.807, 2.05) is 6.07 Å². The Morgan fingerprint density at radius 2 is 1.94 bits per heavy atom. The van der Waals surface area contributed by atoms with Crippen LogP contribution >= 0.6 is 12.2 Å². The molecule has 0 saturated carbocycles. The summed E-state index contributed by atoms with van der Waals surface area (Å²) in [6, 6.07) is 10.9. The van der Waals surface area contributed by atoms with E-state index in [9.17, 15) is 0 Å². The summed E-state index contributed by atoms with van der Waals surface area (Å²) in [5.74, 6) is 1.06. The van der Waals surface area contributed by atoms with Crippen molar-refractivity contribution in [2.45, 2.75) is 39.2 Å². The van der Waals surface area contributed by atoms with Crippen LogP contribution in [0.2, 0.25) is 0 Å². The van der Waals surface area contributed by atoms with E-state index in [-0.39, 0.29) is 0 Å². The van der Waals surface area contributed by atoms with Crippen LogP contribution in [0.25, 0.3) is 0 Å². The fraction of sp³-hybridized carbons (Fsp3) is 0.429. The summed E-state index contributed by atoms with van der Waals surface area (Å²) in [5, 5.41) is 7.20. The van der Waals surface area contributed by atoms with E-state index in [1.165, 1.54) is 5.56 Å². The summed E-state index contributed by atoms with van der Waals surface area (Å²) in [6.07, 6.45) is 3.13. The van der Waals surface area contributed by atoms with E-state index < -0.39 is 0 Å². The van der Waals surface area contributed by atoms with Crippen LogP contribution in [0, 0.1) is 4.77 Å². The number of hydrogen-bond donors (Lipinski definition) is 1. The third kappa shape index (κ3) is 3.07. The van der Waals surface area contributed by atoms with Crippen molar-refractivity contribution < 1.29 is 0 Å². The van der Waals surface area contributed by atoms with Crippen molar-refractivity contribution in [2.24, 2.45) is 0 Å². The molecule has 0 radical (unpaired) electrons. The maximum atomic E-state index is 5.24. The summed E-state index contributed by atoms with van der Waals surface area (Å²) in [5.41, 5.74) is 1.38. The van der Waals surface area contributed by atoms with Gasteiger partial charge in [0.2, 0.25) is 0 Å². The Morgan fingerprint density at radius 1 is 1.22 bits per heavy atom. The number of nitrogens with zero attached hydrogens (tertiary/aromatic N) is 2. The minimum Gasteiger partial charge on any atom is -0.302 e. The number of aromatic nitrogens is 3. The van der Waals surface area contributed by atoms with Crippen LogP contribution in [0.4, 0.5) is 0 Å². The van der Waals surface area contributed by atoms with Gasteiger partial charge in [-0.05, 0) is 44.5 Å². The second-order valence-corrected chi connectivity index (χ2v) is 5.13. The van der Waals surface area contributed by atoms with Gasteiger partial charge in [0, 0.05) is 12.5 Å². The first-order chi connectivity index (χ1) is 8.68. The van der Waals surface area contributed by atoms with Crippen LogP contribution in [0.15, 0.2) is 30.3 Å². The molecule has 0 aliphatic carbocycles. The number of H-pyrrole nitrogens is 1. The Morgan fingerprint density at radius 3 is 2.61 bits per heavy atom. The zero-order chi connectivity index (χ0) is 13.0. The van der Waals surface area contributed by atoms with Gasteiger partial charge in [0.15, 0.2) is 4.77 Å². The third-order valence-corrected chi connectivity index (χ3v) is 3.29. The standard InChI is InChI=1S/C14H19N3S/c1-11(2)17-13(15-16-14(17)18)10-6-9-12-7-4-3-5-8-12/h3-5,7-8,11H,6,9-10H2,1-2H3,(H,16,18). The van der Waals surface area contributed by atoms with Crippen molar-refractivity contribution in [2.75, 3.05) is 0 Å². The van der Waals surface area contributed by atoms with E-state index in [0.717, 1.165) is 29.9 Å². The molecule has 3 nitrogen and oxygen atoms in total. The largest absolute Gasteiger partial charge is 0.302 e. The highest BCUT2D eigenvalue weighted by atomic mass is 32.1. The molecule has 0 saturated heterocycles. The van der Waals surface area contributed by atoms with Gasteiger partial charge in [-0.2, -0.15) is 5.10 Å². The van der Waals surface area contributed by atoms with E-state index in [1.54, 1.807) is 0 Å². The fourth-order valence-corrected chi connectivity index (χ4v) is 2.50. The number of benzene rings is 1. The quantitative estimate of drug-likeness (QED) is 0.833. The molecule has 0 fully saturated rings. The number of nitrogens with one attached hydrogen (secondary N) is 1. The highest BCUT2D eigenvalue weighted by molar-refractivity contribution is 7.71. The van der Waals surface area contributed by atoms with E-state index >= 15 is 0 Å². The molecule has 0 atom stereocenters. The maximum absolute atomic E-state index is 5.24. The summed E-state index contributed by atoms with van der Waals surface area (Å²) >= 11 is 5.24. The smallest absolute Gasteiger partial charge is 0.195 e. The first kappa shape index (κ1) is 13.0. The second-order valence-electron chi connectivity index (χ2n) is 4.75. The Bertz CT molecular complexity index is 540. The highest BCUT2D eigenvalue weighted by Gasteiger charge is 2.08. The van der Waals surface area contributed by atoms with Crippen molar-refractivity contribution >= 4 is 12.2 Å². The first-order valence-electron chi connectivity index (χ1n) is 6.38. The average Bonchev–Trinajstić information content (AvgIpc) is 2.72. The Hall–Kier alpha value is -1.42. The Labute approximate surface area is 113 Å². The van der Waals surface area contributed by atoms with Gasteiger partial charge >= 0.3 is 0 Å². The topological polar surface area (TPSA) is 33.6 Å². The molecule has 0 bridgehead atoms. The van der Waals surface area contributed by atoms with Crippen LogP contribution in [0.3, 0.4) is 0 Å². The van der Waals surface area contributed by atoms with Crippen LogP contribution in [0.1, 0.15) is 37.7 Å². The Balaban J connectivity index is 1.97.